The molecule has 612 valence electrons. The molecule has 0 aromatic rings. The average molecular weight is 1510 g/mol. The van der Waals surface area contributed by atoms with Crippen LogP contribution >= 0.6 is 15.6 Å². The minimum Gasteiger partial charge on any atom is -0.462 e. The highest BCUT2D eigenvalue weighted by Crippen LogP contribution is 2.45. The van der Waals surface area contributed by atoms with Crippen molar-refractivity contribution in [3.63, 3.8) is 0 Å². The van der Waals surface area contributed by atoms with Crippen LogP contribution in [0.5, 0.6) is 0 Å². The Hall–Kier alpha value is -1.94. The maximum Gasteiger partial charge on any atom is 0.472 e. The Kier molecular flexibility index (Phi) is 74.1. The van der Waals surface area contributed by atoms with Gasteiger partial charge in [-0.05, 0) is 37.5 Å². The van der Waals surface area contributed by atoms with Crippen LogP contribution in [0.1, 0.15) is 446 Å². The van der Waals surface area contributed by atoms with E-state index in [2.05, 4.69) is 41.5 Å². The molecule has 0 bridgehead atoms. The molecule has 3 N–H and O–H groups in total. The summed E-state index contributed by atoms with van der Waals surface area (Å²) in [5.41, 5.74) is 0. The van der Waals surface area contributed by atoms with Crippen molar-refractivity contribution >= 4 is 39.5 Å². The number of hydrogen-bond acceptors (Lipinski definition) is 15. The van der Waals surface area contributed by atoms with Crippen molar-refractivity contribution in [2.24, 2.45) is 11.8 Å². The summed E-state index contributed by atoms with van der Waals surface area (Å²) in [5.74, 6) is -0.464. The van der Waals surface area contributed by atoms with Crippen molar-refractivity contribution in [2.45, 2.75) is 464 Å². The summed E-state index contributed by atoms with van der Waals surface area (Å²) >= 11 is 0. The number of hydrogen-bond donors (Lipinski definition) is 3. The van der Waals surface area contributed by atoms with E-state index in [0.717, 1.165) is 115 Å². The lowest BCUT2D eigenvalue weighted by molar-refractivity contribution is -0.161. The molecule has 0 aromatic heterocycles. The lowest BCUT2D eigenvalue weighted by Gasteiger charge is -2.21. The molecule has 0 aliphatic carbocycles. The molecule has 0 heterocycles. The number of esters is 4. The molecule has 0 aromatic carbocycles. The molecule has 6 atom stereocenters. The summed E-state index contributed by atoms with van der Waals surface area (Å²) in [5, 5.41) is 10.6. The largest absolute Gasteiger partial charge is 0.472 e. The fourth-order valence-corrected chi connectivity index (χ4v) is 14.6. The predicted octanol–water partition coefficient (Wildman–Crippen LogP) is 25.5. The standard InChI is InChI=1S/C84H164O17P2/c1-7-10-12-14-16-17-18-19-20-21-22-23-24-25-26-34-39-44-50-56-62-69-84(89)101-80(73-95-82(87)67-61-55-49-43-38-33-30-28-32-37-42-48-53-59-65-77(6)9-3)75-99-103(92,93)97-71-78(85)70-96-102(90,91)98-74-79(72-94-81(86)66-60-54-46-15-13-11-8-2)100-83(88)68-63-57-51-45-40-35-29-27-31-36-41-47-52-58-64-76(4)5/h76-80,85H,7-75H2,1-6H3,(H,90,91)(H,92,93)/t77?,78-,79+,80+/m0/s1. The molecular formula is C84H164O17P2. The maximum absolute atomic E-state index is 13.1. The van der Waals surface area contributed by atoms with Gasteiger partial charge >= 0.3 is 39.5 Å². The predicted molar refractivity (Wildman–Crippen MR) is 423 cm³/mol. The number of carbonyl (C=O) groups is 4. The molecule has 0 aliphatic heterocycles. The van der Waals surface area contributed by atoms with Crippen molar-refractivity contribution < 1.29 is 80.2 Å². The topological polar surface area (TPSA) is 237 Å². The summed E-state index contributed by atoms with van der Waals surface area (Å²) in [4.78, 5) is 73.0. The number of carbonyl (C=O) groups excluding carboxylic acids is 4. The Morgan fingerprint density at radius 1 is 0.282 bits per heavy atom. The van der Waals surface area contributed by atoms with Crippen molar-refractivity contribution in [1.29, 1.82) is 0 Å². The second-order valence-corrected chi connectivity index (χ2v) is 33.8. The number of aliphatic hydroxyl groups excluding tert-OH is 1. The van der Waals surface area contributed by atoms with E-state index >= 15 is 0 Å². The van der Waals surface area contributed by atoms with Gasteiger partial charge in [0.25, 0.3) is 0 Å². The van der Waals surface area contributed by atoms with Gasteiger partial charge in [-0.1, -0.05) is 395 Å². The molecule has 17 nitrogen and oxygen atoms in total. The monoisotopic (exact) mass is 1510 g/mol. The van der Waals surface area contributed by atoms with Crippen LogP contribution in [0.4, 0.5) is 0 Å². The summed E-state index contributed by atoms with van der Waals surface area (Å²) in [6.07, 6.45) is 66.8. The molecule has 0 amide bonds. The highest BCUT2D eigenvalue weighted by molar-refractivity contribution is 7.47. The van der Waals surface area contributed by atoms with E-state index in [9.17, 15) is 43.2 Å². The Morgan fingerprint density at radius 2 is 0.495 bits per heavy atom. The molecule has 0 radical (unpaired) electrons. The summed E-state index contributed by atoms with van der Waals surface area (Å²) < 4.78 is 68.7. The highest BCUT2D eigenvalue weighted by Gasteiger charge is 2.30. The Bertz CT molecular complexity index is 1980. The normalized spacial score (nSPS) is 14.1. The number of ether oxygens (including phenoxy) is 4. The molecule has 0 rings (SSSR count). The molecule has 0 saturated carbocycles. The first-order chi connectivity index (χ1) is 49.9. The third-order valence-electron chi connectivity index (χ3n) is 20.1. The first-order valence-electron chi connectivity index (χ1n) is 43.5. The SMILES string of the molecule is CCCCCCCCCCCCCCCCCCCCCCCC(=O)O[C@H](COC(=O)CCCCCCCCCCCCCCCCC(C)CC)COP(=O)(O)OC[C@@H](O)COP(=O)(O)OC[C@@H](COC(=O)CCCCCCCCC)OC(=O)CCCCCCCCCCCCCCCCC(C)C. The van der Waals surface area contributed by atoms with Gasteiger partial charge in [-0.3, -0.25) is 37.3 Å². The zero-order valence-electron chi connectivity index (χ0n) is 67.6. The molecule has 19 heteroatoms. The second kappa shape index (κ2) is 75.5. The summed E-state index contributed by atoms with van der Waals surface area (Å²) in [6.45, 7) is 9.69. The number of unbranched alkanes of at least 4 members (excludes halogenated alkanes) is 52. The van der Waals surface area contributed by atoms with E-state index < -0.39 is 97.5 Å². The zero-order chi connectivity index (χ0) is 75.6. The van der Waals surface area contributed by atoms with Crippen LogP contribution < -0.4 is 0 Å². The van der Waals surface area contributed by atoms with Crippen LogP contribution in [0.3, 0.4) is 0 Å². The van der Waals surface area contributed by atoms with Crippen LogP contribution in [0.25, 0.3) is 0 Å². The summed E-state index contributed by atoms with van der Waals surface area (Å²) in [6, 6.07) is 0. The van der Waals surface area contributed by atoms with Gasteiger partial charge < -0.3 is 33.8 Å². The Labute approximate surface area is 632 Å². The van der Waals surface area contributed by atoms with Crippen LogP contribution in [-0.4, -0.2) is 96.7 Å². The minimum atomic E-state index is -4.96. The number of phosphoric ester groups is 2. The lowest BCUT2D eigenvalue weighted by Crippen LogP contribution is -2.30. The fourth-order valence-electron chi connectivity index (χ4n) is 13.0. The van der Waals surface area contributed by atoms with Gasteiger partial charge in [0.15, 0.2) is 12.2 Å². The Balaban J connectivity index is 5.17. The van der Waals surface area contributed by atoms with E-state index in [1.54, 1.807) is 0 Å². The highest BCUT2D eigenvalue weighted by atomic mass is 31.2. The molecule has 0 saturated heterocycles. The Morgan fingerprint density at radius 3 is 0.738 bits per heavy atom. The second-order valence-electron chi connectivity index (χ2n) is 30.9. The smallest absolute Gasteiger partial charge is 0.462 e. The first kappa shape index (κ1) is 101. The molecular weight excluding hydrogens is 1340 g/mol. The van der Waals surface area contributed by atoms with Crippen LogP contribution in [0.2, 0.25) is 0 Å². The molecule has 103 heavy (non-hydrogen) atoms. The first-order valence-corrected chi connectivity index (χ1v) is 46.5. The van der Waals surface area contributed by atoms with Crippen molar-refractivity contribution in [3.05, 3.63) is 0 Å². The third-order valence-corrected chi connectivity index (χ3v) is 22.0. The van der Waals surface area contributed by atoms with Gasteiger partial charge in [-0.15, -0.1) is 0 Å². The van der Waals surface area contributed by atoms with Gasteiger partial charge in [0.2, 0.25) is 0 Å². The van der Waals surface area contributed by atoms with Crippen LogP contribution in [0.15, 0.2) is 0 Å². The lowest BCUT2D eigenvalue weighted by atomic mass is 9.99. The number of phosphoric acid groups is 2. The van der Waals surface area contributed by atoms with E-state index in [0.29, 0.717) is 25.7 Å². The minimum absolute atomic E-state index is 0.107. The van der Waals surface area contributed by atoms with Gasteiger partial charge in [0, 0.05) is 25.7 Å². The molecule has 0 aliphatic rings. The zero-order valence-corrected chi connectivity index (χ0v) is 69.4. The number of aliphatic hydroxyl groups is 1. The maximum atomic E-state index is 13.1. The average Bonchev–Trinajstić information content (AvgIpc) is 0.983. The van der Waals surface area contributed by atoms with Crippen molar-refractivity contribution in [2.75, 3.05) is 39.6 Å². The van der Waals surface area contributed by atoms with E-state index in [-0.39, 0.29) is 25.7 Å². The van der Waals surface area contributed by atoms with Gasteiger partial charge in [0.05, 0.1) is 26.4 Å². The van der Waals surface area contributed by atoms with Gasteiger partial charge in [0.1, 0.15) is 19.3 Å². The van der Waals surface area contributed by atoms with Crippen LogP contribution in [0, 0.1) is 11.8 Å². The van der Waals surface area contributed by atoms with E-state index in [4.69, 9.17) is 37.0 Å². The van der Waals surface area contributed by atoms with Crippen molar-refractivity contribution in [1.82, 2.24) is 0 Å². The molecule has 3 unspecified atom stereocenters. The molecule has 0 fully saturated rings. The summed E-state index contributed by atoms with van der Waals surface area (Å²) in [7, 11) is -9.92. The van der Waals surface area contributed by atoms with Crippen LogP contribution in [-0.2, 0) is 65.4 Å². The third kappa shape index (κ3) is 76.6. The van der Waals surface area contributed by atoms with Crippen molar-refractivity contribution in [3.8, 4) is 0 Å². The number of rotatable bonds is 83. The van der Waals surface area contributed by atoms with E-state index in [1.165, 1.54) is 250 Å². The molecule has 0 spiro atoms. The van der Waals surface area contributed by atoms with Gasteiger partial charge in [-0.2, -0.15) is 0 Å². The van der Waals surface area contributed by atoms with E-state index in [1.807, 2.05) is 0 Å². The van der Waals surface area contributed by atoms with Gasteiger partial charge in [-0.25, -0.2) is 9.13 Å². The fraction of sp³-hybridized carbons (Fsp3) is 0.952. The quantitative estimate of drug-likeness (QED) is 0.0222.